The van der Waals surface area contributed by atoms with Gasteiger partial charge in [0.2, 0.25) is 20.8 Å². The van der Waals surface area contributed by atoms with E-state index in [9.17, 15) is 25.9 Å². The minimum absolute atomic E-state index is 0. The van der Waals surface area contributed by atoms with E-state index in [2.05, 4.69) is 8.37 Å². The molecule has 15 heteroatoms. The van der Waals surface area contributed by atoms with Crippen molar-refractivity contribution in [3.63, 3.8) is 0 Å². The molecule has 0 aromatic heterocycles. The standard InChI is InChI=1S/2C3H8O6S.Mg/c2*4-1-3(5)2-9-10(6,7)8;/h2*3-5H,1-2H2,(H,6,7,8);/q;;+2/p-2. The largest absolute Gasteiger partial charge is 2.00 e. The van der Waals surface area contributed by atoms with Crippen molar-refractivity contribution in [3.05, 3.63) is 0 Å². The molecule has 0 saturated carbocycles. The van der Waals surface area contributed by atoms with Gasteiger partial charge in [0.15, 0.2) is 0 Å². The molecule has 0 amide bonds. The van der Waals surface area contributed by atoms with Crippen molar-refractivity contribution in [1.82, 2.24) is 0 Å². The van der Waals surface area contributed by atoms with Crippen LogP contribution in [0.4, 0.5) is 0 Å². The molecule has 0 bridgehead atoms. The van der Waals surface area contributed by atoms with Crippen LogP contribution in [-0.4, -0.2) is 108 Å². The molecule has 0 aliphatic heterocycles. The Labute approximate surface area is 137 Å². The first kappa shape index (κ1) is 26.3. The molecule has 4 N–H and O–H groups in total. The molecule has 12 nitrogen and oxygen atoms in total. The molecule has 0 radical (unpaired) electrons. The van der Waals surface area contributed by atoms with E-state index in [0.29, 0.717) is 0 Å². The molecule has 0 rings (SSSR count). The summed E-state index contributed by atoms with van der Waals surface area (Å²) in [7, 11) is -9.50. The zero-order chi connectivity index (χ0) is 16.4. The van der Waals surface area contributed by atoms with Gasteiger partial charge in [-0.15, -0.1) is 0 Å². The molecule has 0 heterocycles. The minimum Gasteiger partial charge on any atom is -0.726 e. The topological polar surface area (TPSA) is 214 Å². The van der Waals surface area contributed by atoms with E-state index in [1.807, 2.05) is 0 Å². The second kappa shape index (κ2) is 12.8. The van der Waals surface area contributed by atoms with Gasteiger partial charge in [0, 0.05) is 0 Å². The maximum atomic E-state index is 9.68. The van der Waals surface area contributed by atoms with Crippen LogP contribution >= 0.6 is 0 Å². The third-order valence-electron chi connectivity index (χ3n) is 1.23. The fraction of sp³-hybridized carbons (Fsp3) is 1.00. The summed E-state index contributed by atoms with van der Waals surface area (Å²) < 4.78 is 65.3. The Kier molecular flexibility index (Phi) is 16.1. The van der Waals surface area contributed by atoms with Crippen LogP contribution < -0.4 is 0 Å². The van der Waals surface area contributed by atoms with Crippen LogP contribution in [0.25, 0.3) is 0 Å². The number of hydrogen-bond acceptors (Lipinski definition) is 12. The van der Waals surface area contributed by atoms with Crippen LogP contribution in [0, 0.1) is 0 Å². The second-order valence-corrected chi connectivity index (χ2v) is 5.16. The van der Waals surface area contributed by atoms with Gasteiger partial charge < -0.3 is 29.5 Å². The number of aliphatic hydroxyl groups is 4. The summed E-state index contributed by atoms with van der Waals surface area (Å²) in [6, 6.07) is 0. The molecule has 0 aliphatic rings. The SMILES string of the molecule is O=S(=O)([O-])OCC(O)CO.O=S(=O)([O-])OCC(O)CO.[Mg+2]. The van der Waals surface area contributed by atoms with E-state index in [0.717, 1.165) is 0 Å². The van der Waals surface area contributed by atoms with E-state index >= 15 is 0 Å². The van der Waals surface area contributed by atoms with E-state index in [1.165, 1.54) is 0 Å². The van der Waals surface area contributed by atoms with Crippen LogP contribution in [0.2, 0.25) is 0 Å². The zero-order valence-corrected chi connectivity index (χ0v) is 13.6. The summed E-state index contributed by atoms with van der Waals surface area (Å²) in [5, 5.41) is 33.1. The molecule has 21 heavy (non-hydrogen) atoms. The Morgan fingerprint density at radius 3 is 1.19 bits per heavy atom. The Balaban J connectivity index is -0.000000295. The van der Waals surface area contributed by atoms with Gasteiger partial charge in [0.25, 0.3) is 0 Å². The molecule has 2 atom stereocenters. The van der Waals surface area contributed by atoms with E-state index in [-0.39, 0.29) is 23.1 Å². The van der Waals surface area contributed by atoms with Crippen molar-refractivity contribution >= 4 is 43.9 Å². The van der Waals surface area contributed by atoms with Crippen molar-refractivity contribution < 1.29 is 54.7 Å². The van der Waals surface area contributed by atoms with E-state index in [4.69, 9.17) is 20.4 Å². The smallest absolute Gasteiger partial charge is 0.726 e. The quantitative estimate of drug-likeness (QED) is 0.181. The van der Waals surface area contributed by atoms with Crippen LogP contribution in [-0.2, 0) is 29.2 Å². The zero-order valence-electron chi connectivity index (χ0n) is 10.6. The van der Waals surface area contributed by atoms with Gasteiger partial charge in [0.05, 0.1) is 26.4 Å². The number of hydrogen-bond donors (Lipinski definition) is 4. The fourth-order valence-corrected chi connectivity index (χ4v) is 1.08. The molecule has 0 aromatic carbocycles. The van der Waals surface area contributed by atoms with E-state index in [1.54, 1.807) is 0 Å². The van der Waals surface area contributed by atoms with Gasteiger partial charge in [-0.25, -0.2) is 16.8 Å². The van der Waals surface area contributed by atoms with Crippen LogP contribution in [0.3, 0.4) is 0 Å². The third kappa shape index (κ3) is 25.6. The van der Waals surface area contributed by atoms with Gasteiger partial charge in [-0.2, -0.15) is 0 Å². The Bertz CT molecular complexity index is 391. The Morgan fingerprint density at radius 2 is 1.05 bits per heavy atom. The summed E-state index contributed by atoms with van der Waals surface area (Å²) in [6.45, 7) is -2.70. The van der Waals surface area contributed by atoms with Gasteiger partial charge >= 0.3 is 23.1 Å². The monoisotopic (exact) mass is 366 g/mol. The van der Waals surface area contributed by atoms with Gasteiger partial charge in [-0.05, 0) is 0 Å². The van der Waals surface area contributed by atoms with Crippen LogP contribution in [0.15, 0.2) is 0 Å². The van der Waals surface area contributed by atoms with Gasteiger partial charge in [-0.3, -0.25) is 8.37 Å². The molecule has 124 valence electrons. The normalized spacial score (nSPS) is 14.4. The summed E-state index contributed by atoms with van der Waals surface area (Å²) in [5.41, 5.74) is 0. The molecule has 0 spiro atoms. The van der Waals surface area contributed by atoms with Gasteiger partial charge in [-0.1, -0.05) is 0 Å². The molecule has 0 fully saturated rings. The van der Waals surface area contributed by atoms with Crippen molar-refractivity contribution in [2.45, 2.75) is 12.2 Å². The number of rotatable bonds is 8. The predicted octanol–water partition coefficient (Wildman–Crippen LogP) is -4.75. The first-order chi connectivity index (χ1) is 8.91. The fourth-order valence-electron chi connectivity index (χ4n) is 0.429. The van der Waals surface area contributed by atoms with Crippen LogP contribution in [0.1, 0.15) is 0 Å². The summed E-state index contributed by atoms with van der Waals surface area (Å²) >= 11 is 0. The maximum absolute atomic E-state index is 9.68. The minimum atomic E-state index is -4.75. The third-order valence-corrected chi connectivity index (χ3v) is 2.08. The van der Waals surface area contributed by atoms with Gasteiger partial charge in [0.1, 0.15) is 12.2 Å². The average molecular weight is 367 g/mol. The molecule has 0 saturated heterocycles. The summed E-state index contributed by atoms with van der Waals surface area (Å²) in [4.78, 5) is 0. The van der Waals surface area contributed by atoms with Crippen molar-refractivity contribution in [2.24, 2.45) is 0 Å². The van der Waals surface area contributed by atoms with Crippen molar-refractivity contribution in [1.29, 1.82) is 0 Å². The van der Waals surface area contributed by atoms with Crippen molar-refractivity contribution in [3.8, 4) is 0 Å². The summed E-state index contributed by atoms with van der Waals surface area (Å²) in [6.07, 6.45) is -2.66. The Morgan fingerprint density at radius 1 is 0.810 bits per heavy atom. The van der Waals surface area contributed by atoms with Crippen molar-refractivity contribution in [2.75, 3.05) is 26.4 Å². The first-order valence-corrected chi connectivity index (χ1v) is 7.36. The summed E-state index contributed by atoms with van der Waals surface area (Å²) in [5.74, 6) is 0. The predicted molar refractivity (Wildman–Crippen MR) is 63.2 cm³/mol. The average Bonchev–Trinajstić information content (AvgIpc) is 2.31. The molecular weight excluding hydrogens is 352 g/mol. The molecular formula is C6H14MgO12S2. The second-order valence-electron chi connectivity index (χ2n) is 3.06. The molecule has 0 aromatic rings. The maximum Gasteiger partial charge on any atom is 2.00 e. The Hall–Kier alpha value is 0.346. The number of aliphatic hydroxyl groups excluding tert-OH is 4. The first-order valence-electron chi connectivity index (χ1n) is 4.69. The van der Waals surface area contributed by atoms with E-state index < -0.39 is 59.4 Å². The van der Waals surface area contributed by atoms with Crippen LogP contribution in [0.5, 0.6) is 0 Å². The molecule has 2 unspecified atom stereocenters. The molecule has 0 aliphatic carbocycles.